The van der Waals surface area contributed by atoms with E-state index in [0.29, 0.717) is 31.3 Å². The van der Waals surface area contributed by atoms with E-state index in [1.807, 2.05) is 0 Å². The van der Waals surface area contributed by atoms with E-state index in [9.17, 15) is 15.0 Å². The molecule has 2 aliphatic carbocycles. The van der Waals surface area contributed by atoms with Crippen LogP contribution in [0, 0.1) is 17.8 Å². The standard InChI is InChI=1S/C21H37NO5/c1-3-14(4-2)7-8-15(23)9-10-16-17-12-19(18(17)13-20(16)24)22-27-11-5-6-21(25)26/h14-17,20,22-24H,3-13H2,1-2H3,(H,25,26). The zero-order chi connectivity index (χ0) is 19.8. The predicted octanol–water partition coefficient (Wildman–Crippen LogP) is 3.38. The number of rotatable bonds is 14. The van der Waals surface area contributed by atoms with Crippen molar-refractivity contribution in [3.05, 3.63) is 11.3 Å². The largest absolute Gasteiger partial charge is 0.481 e. The van der Waals surface area contributed by atoms with Crippen molar-refractivity contribution in [1.82, 2.24) is 5.48 Å². The van der Waals surface area contributed by atoms with E-state index in [0.717, 1.165) is 37.8 Å². The molecule has 4 atom stereocenters. The monoisotopic (exact) mass is 383 g/mol. The first-order valence-electron chi connectivity index (χ1n) is 10.6. The van der Waals surface area contributed by atoms with Crippen LogP contribution in [-0.4, -0.2) is 40.1 Å². The van der Waals surface area contributed by atoms with Gasteiger partial charge >= 0.3 is 5.97 Å². The third-order valence-electron chi connectivity index (χ3n) is 6.43. The summed E-state index contributed by atoms with van der Waals surface area (Å²) in [7, 11) is 0. The first kappa shape index (κ1) is 22.2. The van der Waals surface area contributed by atoms with Gasteiger partial charge in [0.15, 0.2) is 0 Å². The Morgan fingerprint density at radius 2 is 1.96 bits per heavy atom. The zero-order valence-corrected chi connectivity index (χ0v) is 16.8. The number of hydrogen-bond acceptors (Lipinski definition) is 5. The van der Waals surface area contributed by atoms with Crippen LogP contribution in [0.2, 0.25) is 0 Å². The fourth-order valence-corrected chi connectivity index (χ4v) is 4.48. The number of allylic oxidation sites excluding steroid dienone is 1. The molecular formula is C21H37NO5. The third-order valence-corrected chi connectivity index (χ3v) is 6.43. The van der Waals surface area contributed by atoms with Gasteiger partial charge in [-0.1, -0.05) is 26.7 Å². The highest BCUT2D eigenvalue weighted by Gasteiger charge is 2.45. The Bertz CT molecular complexity index is 503. The predicted molar refractivity (Wildman–Crippen MR) is 104 cm³/mol. The van der Waals surface area contributed by atoms with Crippen molar-refractivity contribution in [3.63, 3.8) is 0 Å². The molecule has 0 amide bonds. The van der Waals surface area contributed by atoms with Gasteiger partial charge in [-0.05, 0) is 68.3 Å². The van der Waals surface area contributed by atoms with E-state index >= 15 is 0 Å². The summed E-state index contributed by atoms with van der Waals surface area (Å²) in [6.45, 7) is 4.78. The molecule has 0 heterocycles. The quantitative estimate of drug-likeness (QED) is 0.271. The summed E-state index contributed by atoms with van der Waals surface area (Å²) in [6.07, 6.45) is 7.48. The van der Waals surface area contributed by atoms with E-state index in [4.69, 9.17) is 9.94 Å². The molecule has 0 saturated heterocycles. The van der Waals surface area contributed by atoms with Crippen molar-refractivity contribution in [3.8, 4) is 0 Å². The second-order valence-corrected chi connectivity index (χ2v) is 8.19. The number of carboxylic acids is 1. The smallest absolute Gasteiger partial charge is 0.303 e. The molecule has 6 heteroatoms. The minimum absolute atomic E-state index is 0.108. The van der Waals surface area contributed by atoms with Gasteiger partial charge in [-0.3, -0.25) is 15.1 Å². The molecule has 0 aromatic heterocycles. The van der Waals surface area contributed by atoms with E-state index < -0.39 is 5.97 Å². The lowest BCUT2D eigenvalue weighted by atomic mass is 9.77. The number of aliphatic hydroxyl groups excluding tert-OH is 2. The van der Waals surface area contributed by atoms with Crippen LogP contribution in [0.15, 0.2) is 11.3 Å². The summed E-state index contributed by atoms with van der Waals surface area (Å²) in [6, 6.07) is 0. The van der Waals surface area contributed by atoms with Crippen molar-refractivity contribution in [2.24, 2.45) is 17.8 Å². The lowest BCUT2D eigenvalue weighted by molar-refractivity contribution is -0.137. The van der Waals surface area contributed by atoms with Crippen LogP contribution >= 0.6 is 0 Å². The minimum Gasteiger partial charge on any atom is -0.481 e. The van der Waals surface area contributed by atoms with Crippen LogP contribution < -0.4 is 5.48 Å². The van der Waals surface area contributed by atoms with Crippen molar-refractivity contribution in [2.45, 2.75) is 90.3 Å². The topological polar surface area (TPSA) is 99.0 Å². The lowest BCUT2D eigenvalue weighted by Gasteiger charge is -2.33. The number of carboxylic acid groups (broad SMARTS) is 1. The molecule has 1 fully saturated rings. The molecule has 6 nitrogen and oxygen atoms in total. The van der Waals surface area contributed by atoms with E-state index in [2.05, 4.69) is 19.3 Å². The zero-order valence-electron chi connectivity index (χ0n) is 16.8. The summed E-state index contributed by atoms with van der Waals surface area (Å²) in [5.74, 6) is 0.534. The number of aliphatic hydroxyl groups is 2. The molecule has 0 aliphatic heterocycles. The Hall–Kier alpha value is -1.11. The van der Waals surface area contributed by atoms with E-state index in [-0.39, 0.29) is 24.5 Å². The number of hydroxylamine groups is 1. The Morgan fingerprint density at radius 3 is 2.63 bits per heavy atom. The van der Waals surface area contributed by atoms with Gasteiger partial charge in [0.2, 0.25) is 0 Å². The average Bonchev–Trinajstić information content (AvgIpc) is 2.87. The highest BCUT2D eigenvalue weighted by atomic mass is 16.6. The highest BCUT2D eigenvalue weighted by molar-refractivity contribution is 5.66. The molecular weight excluding hydrogens is 346 g/mol. The van der Waals surface area contributed by atoms with Gasteiger partial charge in [0.05, 0.1) is 18.8 Å². The number of nitrogens with one attached hydrogen (secondary N) is 1. The Morgan fingerprint density at radius 1 is 1.22 bits per heavy atom. The fourth-order valence-electron chi connectivity index (χ4n) is 4.48. The van der Waals surface area contributed by atoms with Gasteiger partial charge in [0.25, 0.3) is 0 Å². The highest BCUT2D eigenvalue weighted by Crippen LogP contribution is 2.50. The molecule has 0 aromatic rings. The minimum atomic E-state index is -0.812. The number of hydrogen-bond donors (Lipinski definition) is 4. The van der Waals surface area contributed by atoms with Crippen LogP contribution in [0.1, 0.15) is 78.1 Å². The third kappa shape index (κ3) is 6.47. The van der Waals surface area contributed by atoms with Crippen LogP contribution in [0.5, 0.6) is 0 Å². The molecule has 4 unspecified atom stereocenters. The molecule has 0 spiro atoms. The average molecular weight is 384 g/mol. The molecule has 27 heavy (non-hydrogen) atoms. The van der Waals surface area contributed by atoms with Crippen LogP contribution in [0.4, 0.5) is 0 Å². The maximum atomic E-state index is 10.5. The molecule has 156 valence electrons. The van der Waals surface area contributed by atoms with E-state index in [1.54, 1.807) is 0 Å². The fraction of sp³-hybridized carbons (Fsp3) is 0.857. The molecule has 0 aromatic carbocycles. The lowest BCUT2D eigenvalue weighted by Crippen LogP contribution is -2.30. The summed E-state index contributed by atoms with van der Waals surface area (Å²) in [4.78, 5) is 15.8. The van der Waals surface area contributed by atoms with Gasteiger partial charge in [-0.25, -0.2) is 0 Å². The first-order valence-corrected chi connectivity index (χ1v) is 10.6. The molecule has 2 aliphatic rings. The Labute approximate surface area is 162 Å². The summed E-state index contributed by atoms with van der Waals surface area (Å²) >= 11 is 0. The maximum absolute atomic E-state index is 10.5. The summed E-state index contributed by atoms with van der Waals surface area (Å²) < 4.78 is 0. The van der Waals surface area contributed by atoms with Gasteiger partial charge in [0.1, 0.15) is 0 Å². The molecule has 2 rings (SSSR count). The molecule has 4 N–H and O–H groups in total. The van der Waals surface area contributed by atoms with Gasteiger partial charge in [-0.2, -0.15) is 0 Å². The van der Waals surface area contributed by atoms with Crippen LogP contribution in [-0.2, 0) is 9.63 Å². The Balaban J connectivity index is 1.68. The maximum Gasteiger partial charge on any atom is 0.303 e. The van der Waals surface area contributed by atoms with Gasteiger partial charge in [0, 0.05) is 12.1 Å². The number of fused-ring (bicyclic) bond motifs is 1. The second kappa shape index (κ2) is 11.0. The van der Waals surface area contributed by atoms with Crippen molar-refractivity contribution in [1.29, 1.82) is 0 Å². The van der Waals surface area contributed by atoms with Crippen LogP contribution in [0.3, 0.4) is 0 Å². The van der Waals surface area contributed by atoms with E-state index in [1.165, 1.54) is 18.4 Å². The van der Waals surface area contributed by atoms with Crippen LogP contribution in [0.25, 0.3) is 0 Å². The molecule has 1 saturated carbocycles. The summed E-state index contributed by atoms with van der Waals surface area (Å²) in [5, 5.41) is 29.3. The normalized spacial score (nSPS) is 25.4. The second-order valence-electron chi connectivity index (χ2n) is 8.19. The first-order chi connectivity index (χ1) is 13.0. The number of aliphatic carboxylic acids is 1. The van der Waals surface area contributed by atoms with Crippen molar-refractivity contribution < 1.29 is 25.0 Å². The molecule has 0 bridgehead atoms. The van der Waals surface area contributed by atoms with Gasteiger partial charge < -0.3 is 15.3 Å². The van der Waals surface area contributed by atoms with Gasteiger partial charge in [-0.15, -0.1) is 0 Å². The summed E-state index contributed by atoms with van der Waals surface area (Å²) in [5.41, 5.74) is 5.24. The molecule has 0 radical (unpaired) electrons. The van der Waals surface area contributed by atoms with Crippen molar-refractivity contribution >= 4 is 5.97 Å². The SMILES string of the molecule is CCC(CC)CCC(O)CCC1C(O)CC2=C(NOCCCC(=O)O)CC21. The number of carbonyl (C=O) groups is 1. The van der Waals surface area contributed by atoms with Crippen molar-refractivity contribution in [2.75, 3.05) is 6.61 Å². The Kier molecular flexibility index (Phi) is 9.06.